The van der Waals surface area contributed by atoms with Crippen molar-refractivity contribution in [1.82, 2.24) is 10.2 Å². The lowest BCUT2D eigenvalue weighted by Gasteiger charge is -2.33. The van der Waals surface area contributed by atoms with E-state index in [1.165, 1.54) is 10.4 Å². The van der Waals surface area contributed by atoms with Crippen LogP contribution >= 0.6 is 11.3 Å². The molecule has 1 atom stereocenters. The second kappa shape index (κ2) is 6.52. The molecule has 1 aromatic heterocycles. The average molecular weight is 355 g/mol. The van der Waals surface area contributed by atoms with Gasteiger partial charge < -0.3 is 15.5 Å². The van der Waals surface area contributed by atoms with E-state index >= 15 is 0 Å². The molecule has 6 heteroatoms. The van der Waals surface area contributed by atoms with E-state index in [-0.39, 0.29) is 18.0 Å². The van der Waals surface area contributed by atoms with E-state index in [1.54, 1.807) is 35.6 Å². The van der Waals surface area contributed by atoms with Gasteiger partial charge in [-0.25, -0.2) is 4.79 Å². The fraction of sp³-hybridized carbons (Fsp3) is 0.368. The predicted octanol–water partition coefficient (Wildman–Crippen LogP) is 3.79. The number of hydrogen-bond donors (Lipinski definition) is 2. The third-order valence-corrected chi connectivity index (χ3v) is 5.84. The van der Waals surface area contributed by atoms with Gasteiger partial charge in [0.2, 0.25) is 0 Å². The zero-order valence-corrected chi connectivity index (χ0v) is 14.9. The Morgan fingerprint density at radius 2 is 1.92 bits per heavy atom. The van der Waals surface area contributed by atoms with Crippen molar-refractivity contribution in [3.05, 3.63) is 51.7 Å². The first-order valence-corrected chi connectivity index (χ1v) is 9.54. The van der Waals surface area contributed by atoms with Gasteiger partial charge in [0, 0.05) is 28.7 Å². The van der Waals surface area contributed by atoms with Crippen molar-refractivity contribution in [2.75, 3.05) is 11.9 Å². The van der Waals surface area contributed by atoms with Gasteiger partial charge in [-0.1, -0.05) is 0 Å². The van der Waals surface area contributed by atoms with E-state index in [0.29, 0.717) is 17.3 Å². The number of rotatable bonds is 3. The Morgan fingerprint density at radius 1 is 1.16 bits per heavy atom. The van der Waals surface area contributed by atoms with Crippen LogP contribution in [-0.2, 0) is 6.42 Å². The fourth-order valence-electron chi connectivity index (χ4n) is 3.23. The molecule has 1 fully saturated rings. The first-order valence-electron chi connectivity index (χ1n) is 8.66. The number of thiophene rings is 1. The molecule has 4 rings (SSSR count). The number of carbonyl (C=O) groups excluding carboxylic acids is 2. The van der Waals surface area contributed by atoms with E-state index in [1.807, 2.05) is 4.90 Å². The summed E-state index contributed by atoms with van der Waals surface area (Å²) >= 11 is 1.77. The normalized spacial score (nSPS) is 19.2. The van der Waals surface area contributed by atoms with Crippen molar-refractivity contribution in [1.29, 1.82) is 0 Å². The SMILES string of the molecule is CC1c2ccsc2CCN1C(=O)c1ccc(NC(=O)NC2CC2)cc1. The molecule has 1 unspecified atom stereocenters. The second-order valence-corrected chi connectivity index (χ2v) is 7.67. The van der Waals surface area contributed by atoms with Crippen LogP contribution in [0.5, 0.6) is 0 Å². The molecule has 2 aromatic rings. The smallest absolute Gasteiger partial charge is 0.319 e. The number of urea groups is 1. The van der Waals surface area contributed by atoms with E-state index in [4.69, 9.17) is 0 Å². The highest BCUT2D eigenvalue weighted by Crippen LogP contribution is 2.33. The highest BCUT2D eigenvalue weighted by atomic mass is 32.1. The number of fused-ring (bicyclic) bond motifs is 1. The molecule has 0 bridgehead atoms. The third kappa shape index (κ3) is 3.39. The number of hydrogen-bond acceptors (Lipinski definition) is 3. The van der Waals surface area contributed by atoms with Gasteiger partial charge in [-0.3, -0.25) is 4.79 Å². The highest BCUT2D eigenvalue weighted by Gasteiger charge is 2.29. The lowest BCUT2D eigenvalue weighted by atomic mass is 10.0. The summed E-state index contributed by atoms with van der Waals surface area (Å²) in [5.74, 6) is 0.0401. The summed E-state index contributed by atoms with van der Waals surface area (Å²) in [5, 5.41) is 7.78. The summed E-state index contributed by atoms with van der Waals surface area (Å²) in [6.07, 6.45) is 3.03. The molecule has 130 valence electrons. The van der Waals surface area contributed by atoms with Gasteiger partial charge in [0.1, 0.15) is 0 Å². The Hall–Kier alpha value is -2.34. The van der Waals surface area contributed by atoms with Crippen LogP contribution in [0.3, 0.4) is 0 Å². The van der Waals surface area contributed by atoms with Gasteiger partial charge in [-0.15, -0.1) is 11.3 Å². The largest absolute Gasteiger partial charge is 0.335 e. The topological polar surface area (TPSA) is 61.4 Å². The molecule has 0 spiro atoms. The predicted molar refractivity (Wildman–Crippen MR) is 99.1 cm³/mol. The van der Waals surface area contributed by atoms with E-state index in [2.05, 4.69) is 29.0 Å². The summed E-state index contributed by atoms with van der Waals surface area (Å²) in [6.45, 7) is 2.83. The molecular weight excluding hydrogens is 334 g/mol. The van der Waals surface area contributed by atoms with E-state index < -0.39 is 0 Å². The van der Waals surface area contributed by atoms with Crippen LogP contribution in [0.4, 0.5) is 10.5 Å². The van der Waals surface area contributed by atoms with Gasteiger partial charge in [0.25, 0.3) is 5.91 Å². The Balaban J connectivity index is 1.43. The highest BCUT2D eigenvalue weighted by molar-refractivity contribution is 7.10. The van der Waals surface area contributed by atoms with Gasteiger partial charge in [0.15, 0.2) is 0 Å². The molecule has 0 saturated heterocycles. The number of nitrogens with zero attached hydrogens (tertiary/aromatic N) is 1. The maximum absolute atomic E-state index is 12.9. The minimum absolute atomic E-state index is 0.0401. The first kappa shape index (κ1) is 16.1. The van der Waals surface area contributed by atoms with E-state index in [9.17, 15) is 9.59 Å². The molecule has 2 N–H and O–H groups in total. The lowest BCUT2D eigenvalue weighted by Crippen LogP contribution is -2.38. The van der Waals surface area contributed by atoms with Gasteiger partial charge in [0.05, 0.1) is 6.04 Å². The van der Waals surface area contributed by atoms with Crippen LogP contribution < -0.4 is 10.6 Å². The number of benzene rings is 1. The fourth-order valence-corrected chi connectivity index (χ4v) is 4.19. The van der Waals surface area contributed by atoms with E-state index in [0.717, 1.165) is 25.8 Å². The molecule has 1 aliphatic carbocycles. The molecule has 1 aromatic carbocycles. The van der Waals surface area contributed by atoms with Gasteiger partial charge >= 0.3 is 6.03 Å². The Labute approximate surface area is 151 Å². The van der Waals surface area contributed by atoms with Crippen molar-refractivity contribution in [2.24, 2.45) is 0 Å². The Kier molecular flexibility index (Phi) is 4.21. The molecule has 2 aliphatic rings. The molecule has 2 heterocycles. The molecule has 5 nitrogen and oxygen atoms in total. The van der Waals surface area contributed by atoms with Crippen molar-refractivity contribution in [2.45, 2.75) is 38.3 Å². The van der Waals surface area contributed by atoms with Crippen LogP contribution in [0, 0.1) is 0 Å². The Bertz CT molecular complexity index is 795. The zero-order chi connectivity index (χ0) is 17.4. The van der Waals surface area contributed by atoms with Crippen LogP contribution in [0.25, 0.3) is 0 Å². The minimum atomic E-state index is -0.184. The zero-order valence-electron chi connectivity index (χ0n) is 14.1. The van der Waals surface area contributed by atoms with Crippen LogP contribution in [-0.4, -0.2) is 29.4 Å². The molecular formula is C19H21N3O2S. The Morgan fingerprint density at radius 3 is 2.64 bits per heavy atom. The van der Waals surface area contributed by atoms with Crippen LogP contribution in [0.15, 0.2) is 35.7 Å². The summed E-state index contributed by atoms with van der Waals surface area (Å²) < 4.78 is 0. The monoisotopic (exact) mass is 355 g/mol. The summed E-state index contributed by atoms with van der Waals surface area (Å²) in [6, 6.07) is 9.49. The molecule has 0 radical (unpaired) electrons. The average Bonchev–Trinajstić information content (AvgIpc) is 3.27. The minimum Gasteiger partial charge on any atom is -0.335 e. The first-order chi connectivity index (χ1) is 12.1. The molecule has 25 heavy (non-hydrogen) atoms. The van der Waals surface area contributed by atoms with Gasteiger partial charge in [-0.2, -0.15) is 0 Å². The van der Waals surface area contributed by atoms with Gasteiger partial charge in [-0.05, 0) is 67.5 Å². The van der Waals surface area contributed by atoms with Crippen molar-refractivity contribution >= 4 is 29.0 Å². The standard InChI is InChI=1S/C19H21N3O2S/c1-12-16-9-11-25-17(16)8-10-22(12)18(23)13-2-4-14(5-3-13)20-19(24)21-15-6-7-15/h2-5,9,11-12,15H,6-8,10H2,1H3,(H2,20,21,24). The van der Waals surface area contributed by atoms with Crippen molar-refractivity contribution in [3.8, 4) is 0 Å². The maximum atomic E-state index is 12.9. The summed E-state index contributed by atoms with van der Waals surface area (Å²) in [4.78, 5) is 27.9. The summed E-state index contributed by atoms with van der Waals surface area (Å²) in [5.41, 5.74) is 2.61. The quantitative estimate of drug-likeness (QED) is 0.880. The number of anilines is 1. The second-order valence-electron chi connectivity index (χ2n) is 6.67. The third-order valence-electron chi connectivity index (χ3n) is 4.84. The number of carbonyl (C=O) groups is 2. The molecule has 3 amide bonds. The number of amides is 3. The molecule has 1 aliphatic heterocycles. The van der Waals surface area contributed by atoms with Crippen molar-refractivity contribution in [3.63, 3.8) is 0 Å². The number of nitrogens with one attached hydrogen (secondary N) is 2. The van der Waals surface area contributed by atoms with Crippen LogP contribution in [0.1, 0.15) is 46.6 Å². The van der Waals surface area contributed by atoms with Crippen molar-refractivity contribution < 1.29 is 9.59 Å². The lowest BCUT2D eigenvalue weighted by molar-refractivity contribution is 0.0679. The summed E-state index contributed by atoms with van der Waals surface area (Å²) in [7, 11) is 0. The van der Waals surface area contributed by atoms with Crippen LogP contribution in [0.2, 0.25) is 0 Å². The maximum Gasteiger partial charge on any atom is 0.319 e. The molecule has 1 saturated carbocycles.